The largest absolute Gasteiger partial charge is 0.481 e. The highest BCUT2D eigenvalue weighted by Crippen LogP contribution is 2.30. The van der Waals surface area contributed by atoms with Crippen molar-refractivity contribution < 1.29 is 24.6 Å². The van der Waals surface area contributed by atoms with Gasteiger partial charge in [-0.3, -0.25) is 14.4 Å². The van der Waals surface area contributed by atoms with Gasteiger partial charge in [0.25, 0.3) is 0 Å². The monoisotopic (exact) mass is 508 g/mol. The van der Waals surface area contributed by atoms with Gasteiger partial charge in [0.2, 0.25) is 5.78 Å². The molecule has 188 valence electrons. The van der Waals surface area contributed by atoms with Gasteiger partial charge in [-0.05, 0) is 43.7 Å². The first kappa shape index (κ1) is 26.8. The number of anilines is 1. The number of carboxylic acids is 2. The van der Waals surface area contributed by atoms with Crippen molar-refractivity contribution >= 4 is 35.0 Å². The van der Waals surface area contributed by atoms with E-state index in [0.717, 1.165) is 29.9 Å². The van der Waals surface area contributed by atoms with Crippen molar-refractivity contribution in [1.29, 1.82) is 0 Å². The van der Waals surface area contributed by atoms with Crippen LogP contribution in [0.2, 0.25) is 5.02 Å². The zero-order valence-corrected chi connectivity index (χ0v) is 21.2. The fourth-order valence-corrected chi connectivity index (χ4v) is 4.14. The summed E-state index contributed by atoms with van der Waals surface area (Å²) in [4.78, 5) is 36.0. The molecule has 0 saturated heterocycles. The fourth-order valence-electron chi connectivity index (χ4n) is 3.83. The van der Waals surface area contributed by atoms with Gasteiger partial charge < -0.3 is 19.7 Å². The zero-order chi connectivity index (χ0) is 26.4. The Bertz CT molecular complexity index is 1290. The number of ketones is 1. The summed E-state index contributed by atoms with van der Waals surface area (Å²) < 4.78 is 1.64. The molecule has 0 saturated carbocycles. The third kappa shape index (κ3) is 6.43. The molecule has 0 spiro atoms. The highest BCUT2D eigenvalue weighted by molar-refractivity contribution is 6.33. The van der Waals surface area contributed by atoms with Crippen LogP contribution in [-0.2, 0) is 23.1 Å². The van der Waals surface area contributed by atoms with Gasteiger partial charge in [0.05, 0.1) is 28.7 Å². The Hall–Kier alpha value is -3.84. The molecule has 1 unspecified atom stereocenters. The second-order valence-corrected chi connectivity index (χ2v) is 9.09. The van der Waals surface area contributed by atoms with Crippen LogP contribution in [-0.4, -0.2) is 45.6 Å². The van der Waals surface area contributed by atoms with E-state index in [4.69, 9.17) is 21.8 Å². The SMILES string of the molecule is CC(C(=O)O)c1ccc(N2CC=CC2)c(Cl)c1.Cc1ccc(C(=O)c2ccc(CC(=O)O)n2C)cc1. The van der Waals surface area contributed by atoms with Crippen molar-refractivity contribution in [2.45, 2.75) is 26.2 Å². The second-order valence-electron chi connectivity index (χ2n) is 8.68. The van der Waals surface area contributed by atoms with Crippen LogP contribution in [0.3, 0.4) is 0 Å². The van der Waals surface area contributed by atoms with Crippen LogP contribution in [0.25, 0.3) is 0 Å². The molecule has 7 nitrogen and oxygen atoms in total. The fraction of sp³-hybridized carbons (Fsp3) is 0.250. The van der Waals surface area contributed by atoms with Gasteiger partial charge in [-0.2, -0.15) is 0 Å². The Labute approximate surface area is 215 Å². The van der Waals surface area contributed by atoms with Crippen molar-refractivity contribution in [3.05, 3.63) is 99.9 Å². The number of carboxylic acid groups (broad SMARTS) is 2. The molecule has 8 heteroatoms. The van der Waals surface area contributed by atoms with Crippen LogP contribution < -0.4 is 4.90 Å². The highest BCUT2D eigenvalue weighted by atomic mass is 35.5. The molecule has 4 rings (SSSR count). The van der Waals surface area contributed by atoms with Crippen LogP contribution in [0.1, 0.15) is 45.7 Å². The Balaban J connectivity index is 0.000000202. The quantitative estimate of drug-likeness (QED) is 0.340. The molecule has 0 bridgehead atoms. The van der Waals surface area contributed by atoms with E-state index in [1.807, 2.05) is 31.2 Å². The minimum Gasteiger partial charge on any atom is -0.481 e. The predicted molar refractivity (Wildman–Crippen MR) is 140 cm³/mol. The summed E-state index contributed by atoms with van der Waals surface area (Å²) in [7, 11) is 1.71. The number of nitrogens with zero attached hydrogens (tertiary/aromatic N) is 2. The van der Waals surface area contributed by atoms with E-state index in [1.54, 1.807) is 48.9 Å². The molecule has 0 aliphatic carbocycles. The number of aliphatic carboxylic acids is 2. The van der Waals surface area contributed by atoms with Crippen molar-refractivity contribution in [3.8, 4) is 0 Å². The molecule has 0 fully saturated rings. The smallest absolute Gasteiger partial charge is 0.310 e. The molecular formula is C28H29ClN2O5. The number of aromatic nitrogens is 1. The van der Waals surface area contributed by atoms with Crippen LogP contribution in [0.15, 0.2) is 66.7 Å². The molecule has 2 heterocycles. The predicted octanol–water partition coefficient (Wildman–Crippen LogP) is 5.10. The van der Waals surface area contributed by atoms with Crippen LogP contribution in [0.4, 0.5) is 5.69 Å². The zero-order valence-electron chi connectivity index (χ0n) is 20.4. The molecule has 1 aliphatic rings. The van der Waals surface area contributed by atoms with Gasteiger partial charge in [-0.15, -0.1) is 0 Å². The van der Waals surface area contributed by atoms with Crippen molar-refractivity contribution in [2.75, 3.05) is 18.0 Å². The lowest BCUT2D eigenvalue weighted by Crippen LogP contribution is -2.19. The van der Waals surface area contributed by atoms with E-state index >= 15 is 0 Å². The number of hydrogen-bond acceptors (Lipinski definition) is 4. The highest BCUT2D eigenvalue weighted by Gasteiger charge is 2.18. The third-order valence-corrected chi connectivity index (χ3v) is 6.41. The second kappa shape index (κ2) is 11.7. The van der Waals surface area contributed by atoms with Gasteiger partial charge >= 0.3 is 11.9 Å². The number of rotatable bonds is 7. The number of carbonyl (C=O) groups is 3. The summed E-state index contributed by atoms with van der Waals surface area (Å²) >= 11 is 6.20. The van der Waals surface area contributed by atoms with Gasteiger partial charge in [0.1, 0.15) is 0 Å². The van der Waals surface area contributed by atoms with Crippen LogP contribution in [0.5, 0.6) is 0 Å². The molecule has 2 N–H and O–H groups in total. The normalized spacial score (nSPS) is 13.2. The molecule has 1 aromatic heterocycles. The molecule has 0 radical (unpaired) electrons. The Morgan fingerprint density at radius 3 is 2.17 bits per heavy atom. The maximum Gasteiger partial charge on any atom is 0.310 e. The Morgan fingerprint density at radius 2 is 1.61 bits per heavy atom. The van der Waals surface area contributed by atoms with Crippen LogP contribution >= 0.6 is 11.6 Å². The van der Waals surface area contributed by atoms with Gasteiger partial charge in [0, 0.05) is 31.4 Å². The average Bonchev–Trinajstić information content (AvgIpc) is 3.49. The lowest BCUT2D eigenvalue weighted by Gasteiger charge is -2.20. The van der Waals surface area contributed by atoms with E-state index in [1.165, 1.54) is 0 Å². The molecule has 2 aromatic carbocycles. The van der Waals surface area contributed by atoms with Gasteiger partial charge in [0.15, 0.2) is 0 Å². The summed E-state index contributed by atoms with van der Waals surface area (Å²) in [5, 5.41) is 18.3. The molecule has 0 amide bonds. The summed E-state index contributed by atoms with van der Waals surface area (Å²) in [6, 6.07) is 16.1. The number of benzene rings is 2. The number of halogens is 1. The van der Waals surface area contributed by atoms with Crippen molar-refractivity contribution in [3.63, 3.8) is 0 Å². The van der Waals surface area contributed by atoms with E-state index in [9.17, 15) is 14.4 Å². The maximum absolute atomic E-state index is 12.3. The molecule has 1 atom stereocenters. The van der Waals surface area contributed by atoms with Crippen LogP contribution in [0, 0.1) is 6.92 Å². The van der Waals surface area contributed by atoms with E-state index < -0.39 is 17.9 Å². The Morgan fingerprint density at radius 1 is 0.972 bits per heavy atom. The van der Waals surface area contributed by atoms with E-state index in [-0.39, 0.29) is 12.2 Å². The first-order valence-corrected chi connectivity index (χ1v) is 11.9. The number of hydrogen-bond donors (Lipinski definition) is 2. The van der Waals surface area contributed by atoms with Gasteiger partial charge in [-0.25, -0.2) is 0 Å². The topological polar surface area (TPSA) is 99.8 Å². The molecule has 1 aliphatic heterocycles. The number of aryl methyl sites for hydroxylation is 1. The lowest BCUT2D eigenvalue weighted by atomic mass is 10.0. The Kier molecular flexibility index (Phi) is 8.72. The minimum absolute atomic E-state index is 0.0856. The summed E-state index contributed by atoms with van der Waals surface area (Å²) in [6.45, 7) is 5.33. The molecule has 3 aromatic rings. The summed E-state index contributed by atoms with van der Waals surface area (Å²) in [6.07, 6.45) is 4.09. The van der Waals surface area contributed by atoms with E-state index in [0.29, 0.717) is 22.0 Å². The lowest BCUT2D eigenvalue weighted by molar-refractivity contribution is -0.138. The first-order valence-electron chi connectivity index (χ1n) is 11.5. The maximum atomic E-state index is 12.3. The first-order chi connectivity index (χ1) is 17.1. The standard InChI is InChI=1S/C15H15NO3.C13H14ClNO2/c1-10-3-5-11(6-4-10)15(19)13-8-7-12(16(13)2)9-14(17)18;1-9(13(16)17)10-4-5-12(11(14)8-10)15-6-2-3-7-15/h3-8H,9H2,1-2H3,(H,17,18);2-5,8-9H,6-7H2,1H3,(H,16,17). The molecular weight excluding hydrogens is 480 g/mol. The van der Waals surface area contributed by atoms with Crippen molar-refractivity contribution in [1.82, 2.24) is 4.57 Å². The van der Waals surface area contributed by atoms with Gasteiger partial charge in [-0.1, -0.05) is 59.6 Å². The average molecular weight is 509 g/mol. The summed E-state index contributed by atoms with van der Waals surface area (Å²) in [5.41, 5.74) is 4.50. The summed E-state index contributed by atoms with van der Waals surface area (Å²) in [5.74, 6) is -2.37. The molecule has 36 heavy (non-hydrogen) atoms. The minimum atomic E-state index is -0.907. The third-order valence-electron chi connectivity index (χ3n) is 6.11. The number of carbonyl (C=O) groups excluding carboxylic acids is 1. The van der Waals surface area contributed by atoms with E-state index in [2.05, 4.69) is 17.1 Å². The van der Waals surface area contributed by atoms with Crippen molar-refractivity contribution in [2.24, 2.45) is 7.05 Å².